The van der Waals surface area contributed by atoms with Gasteiger partial charge in [-0.3, -0.25) is 10.1 Å². The van der Waals surface area contributed by atoms with Gasteiger partial charge in [0.2, 0.25) is 0 Å². The predicted molar refractivity (Wildman–Crippen MR) is 90.1 cm³/mol. The largest absolute Gasteiger partial charge is 0.416 e. The van der Waals surface area contributed by atoms with Gasteiger partial charge in [0.1, 0.15) is 0 Å². The summed E-state index contributed by atoms with van der Waals surface area (Å²) in [5, 5.41) is 20.4. The van der Waals surface area contributed by atoms with Gasteiger partial charge in [0.25, 0.3) is 5.69 Å². The second-order valence-electron chi connectivity index (χ2n) is 6.31. The third-order valence-electron chi connectivity index (χ3n) is 4.73. The number of nitrogens with zero attached hydrogens (tertiary/aromatic N) is 2. The number of alkyl halides is 3. The SMILES string of the molecule is O=[N+]([O-])c1ccc(N2CC(c3ccc(C(F)(F)F)cc3)C[C@H]2CO)cc1. The van der Waals surface area contributed by atoms with Crippen LogP contribution in [0.4, 0.5) is 24.5 Å². The van der Waals surface area contributed by atoms with Gasteiger partial charge in [0.15, 0.2) is 0 Å². The minimum atomic E-state index is -4.37. The molecule has 0 radical (unpaired) electrons. The van der Waals surface area contributed by atoms with Crippen molar-refractivity contribution < 1.29 is 23.2 Å². The third kappa shape index (κ3) is 3.65. The van der Waals surface area contributed by atoms with E-state index in [0.29, 0.717) is 13.0 Å². The Hall–Kier alpha value is -2.61. The molecule has 0 aliphatic carbocycles. The van der Waals surface area contributed by atoms with Gasteiger partial charge in [0.05, 0.1) is 23.1 Å². The molecule has 5 nitrogen and oxygen atoms in total. The molecule has 2 aromatic rings. The van der Waals surface area contributed by atoms with Crippen molar-refractivity contribution in [2.24, 2.45) is 0 Å². The zero-order valence-corrected chi connectivity index (χ0v) is 13.7. The van der Waals surface area contributed by atoms with Gasteiger partial charge in [-0.2, -0.15) is 13.2 Å². The average Bonchev–Trinajstić information content (AvgIpc) is 3.05. The summed E-state index contributed by atoms with van der Waals surface area (Å²) in [6.07, 6.45) is -3.77. The van der Waals surface area contributed by atoms with Crippen molar-refractivity contribution in [2.45, 2.75) is 24.6 Å². The summed E-state index contributed by atoms with van der Waals surface area (Å²) in [5.41, 5.74) is 0.808. The maximum Gasteiger partial charge on any atom is 0.416 e. The van der Waals surface area contributed by atoms with Crippen LogP contribution < -0.4 is 4.90 Å². The molecular weight excluding hydrogens is 349 g/mol. The lowest BCUT2D eigenvalue weighted by molar-refractivity contribution is -0.384. The van der Waals surface area contributed by atoms with E-state index in [0.717, 1.165) is 23.4 Å². The van der Waals surface area contributed by atoms with Gasteiger partial charge < -0.3 is 10.0 Å². The lowest BCUT2D eigenvalue weighted by Crippen LogP contribution is -2.32. The van der Waals surface area contributed by atoms with Gasteiger partial charge in [-0.25, -0.2) is 0 Å². The van der Waals surface area contributed by atoms with Crippen molar-refractivity contribution in [2.75, 3.05) is 18.1 Å². The summed E-state index contributed by atoms with van der Waals surface area (Å²) in [4.78, 5) is 12.2. The first kappa shape index (κ1) is 18.2. The van der Waals surface area contributed by atoms with Crippen LogP contribution in [0.3, 0.4) is 0 Å². The van der Waals surface area contributed by atoms with Gasteiger partial charge in [0, 0.05) is 30.3 Å². The molecule has 0 bridgehead atoms. The Bertz CT molecular complexity index is 776. The van der Waals surface area contributed by atoms with Crippen LogP contribution in [0.15, 0.2) is 48.5 Å². The van der Waals surface area contributed by atoms with Crippen molar-refractivity contribution in [3.8, 4) is 0 Å². The topological polar surface area (TPSA) is 66.6 Å². The molecule has 26 heavy (non-hydrogen) atoms. The zero-order chi connectivity index (χ0) is 18.9. The number of nitro benzene ring substituents is 1. The summed E-state index contributed by atoms with van der Waals surface area (Å²) in [6.45, 7) is 0.419. The van der Waals surface area contributed by atoms with E-state index < -0.39 is 16.7 Å². The van der Waals surface area contributed by atoms with Gasteiger partial charge in [-0.1, -0.05) is 12.1 Å². The van der Waals surface area contributed by atoms with Gasteiger partial charge in [-0.05, 0) is 36.2 Å². The summed E-state index contributed by atoms with van der Waals surface area (Å²) >= 11 is 0. The lowest BCUT2D eigenvalue weighted by Gasteiger charge is -2.25. The smallest absolute Gasteiger partial charge is 0.394 e. The first-order chi connectivity index (χ1) is 12.3. The fourth-order valence-electron chi connectivity index (χ4n) is 3.36. The summed E-state index contributed by atoms with van der Waals surface area (Å²) in [6, 6.07) is 10.9. The molecule has 2 aromatic carbocycles. The molecule has 1 saturated heterocycles. The maximum absolute atomic E-state index is 12.7. The number of nitro groups is 1. The summed E-state index contributed by atoms with van der Waals surface area (Å²) in [5.74, 6) is -0.0235. The van der Waals surface area contributed by atoms with E-state index in [1.807, 2.05) is 4.90 Å². The number of hydrogen-bond acceptors (Lipinski definition) is 4. The zero-order valence-electron chi connectivity index (χ0n) is 13.7. The van der Waals surface area contributed by atoms with E-state index >= 15 is 0 Å². The number of aliphatic hydroxyl groups excluding tert-OH is 1. The fraction of sp³-hybridized carbons (Fsp3) is 0.333. The highest BCUT2D eigenvalue weighted by atomic mass is 19.4. The van der Waals surface area contributed by atoms with E-state index in [1.165, 1.54) is 24.3 Å². The average molecular weight is 366 g/mol. The van der Waals surface area contributed by atoms with Gasteiger partial charge in [-0.15, -0.1) is 0 Å². The van der Waals surface area contributed by atoms with Crippen molar-refractivity contribution in [1.29, 1.82) is 0 Å². The molecule has 1 unspecified atom stereocenters. The molecule has 3 rings (SSSR count). The Morgan fingerprint density at radius 1 is 1.12 bits per heavy atom. The number of aliphatic hydroxyl groups is 1. The fourth-order valence-corrected chi connectivity index (χ4v) is 3.36. The molecule has 0 aromatic heterocycles. The van der Waals surface area contributed by atoms with Crippen molar-refractivity contribution in [3.63, 3.8) is 0 Å². The minimum absolute atomic E-state index is 0.0206. The molecule has 2 atom stereocenters. The Morgan fingerprint density at radius 2 is 1.73 bits per heavy atom. The van der Waals surface area contributed by atoms with Gasteiger partial charge >= 0.3 is 6.18 Å². The van der Waals surface area contributed by atoms with Crippen LogP contribution >= 0.6 is 0 Å². The molecular formula is C18H17F3N2O3. The predicted octanol–water partition coefficient (Wildman–Crippen LogP) is 3.97. The molecule has 8 heteroatoms. The number of halogens is 3. The highest BCUT2D eigenvalue weighted by molar-refractivity contribution is 5.53. The van der Waals surface area contributed by atoms with Crippen molar-refractivity contribution in [3.05, 3.63) is 69.8 Å². The minimum Gasteiger partial charge on any atom is -0.394 e. The van der Waals surface area contributed by atoms with E-state index in [9.17, 15) is 28.4 Å². The van der Waals surface area contributed by atoms with E-state index in [4.69, 9.17) is 0 Å². The Balaban J connectivity index is 1.79. The molecule has 138 valence electrons. The quantitative estimate of drug-likeness (QED) is 0.657. The van der Waals surface area contributed by atoms with Crippen LogP contribution in [0, 0.1) is 10.1 Å². The highest BCUT2D eigenvalue weighted by Crippen LogP contribution is 2.37. The second kappa shape index (κ2) is 6.95. The second-order valence-corrected chi connectivity index (χ2v) is 6.31. The molecule has 1 fully saturated rings. The monoisotopic (exact) mass is 366 g/mol. The van der Waals surface area contributed by atoms with Crippen LogP contribution in [0.5, 0.6) is 0 Å². The van der Waals surface area contributed by atoms with Crippen LogP contribution in [-0.2, 0) is 6.18 Å². The van der Waals surface area contributed by atoms with E-state index in [1.54, 1.807) is 12.1 Å². The molecule has 1 aliphatic heterocycles. The number of anilines is 1. The Morgan fingerprint density at radius 3 is 2.23 bits per heavy atom. The van der Waals surface area contributed by atoms with E-state index in [2.05, 4.69) is 0 Å². The summed E-state index contributed by atoms with van der Waals surface area (Å²) < 4.78 is 38.1. The Kier molecular flexibility index (Phi) is 4.86. The standard InChI is InChI=1S/C18H17F3N2O3/c19-18(20,21)14-3-1-12(2-4-14)13-9-17(11-24)22(10-13)15-5-7-16(8-6-15)23(25)26/h1-8,13,17,24H,9-11H2/t13?,17-/m0/s1. The molecule has 0 amide bonds. The lowest BCUT2D eigenvalue weighted by atomic mass is 9.95. The molecule has 1 aliphatic rings. The summed E-state index contributed by atoms with van der Waals surface area (Å²) in [7, 11) is 0. The van der Waals surface area contributed by atoms with Crippen LogP contribution in [0.1, 0.15) is 23.5 Å². The Labute approximate surface area is 147 Å². The first-order valence-electron chi connectivity index (χ1n) is 8.08. The number of non-ortho nitro benzene ring substituents is 1. The molecule has 0 spiro atoms. The first-order valence-corrected chi connectivity index (χ1v) is 8.08. The normalized spacial score (nSPS) is 20.4. The number of rotatable bonds is 4. The third-order valence-corrected chi connectivity index (χ3v) is 4.73. The highest BCUT2D eigenvalue weighted by Gasteiger charge is 2.34. The van der Waals surface area contributed by atoms with Crippen LogP contribution in [0.2, 0.25) is 0 Å². The molecule has 1 heterocycles. The van der Waals surface area contributed by atoms with Crippen molar-refractivity contribution in [1.82, 2.24) is 0 Å². The number of hydrogen-bond donors (Lipinski definition) is 1. The van der Waals surface area contributed by atoms with E-state index in [-0.39, 0.29) is 24.3 Å². The maximum atomic E-state index is 12.7. The molecule has 0 saturated carbocycles. The van der Waals surface area contributed by atoms with Crippen molar-refractivity contribution >= 4 is 11.4 Å². The molecule has 1 N–H and O–H groups in total. The van der Waals surface area contributed by atoms with Crippen LogP contribution in [-0.4, -0.2) is 29.2 Å². The number of benzene rings is 2. The van der Waals surface area contributed by atoms with Crippen LogP contribution in [0.25, 0.3) is 0 Å².